The lowest BCUT2D eigenvalue weighted by atomic mass is 10.1. The molecule has 0 amide bonds. The minimum atomic E-state index is -0.646. The molecular weight excluding hydrogens is 312 g/mol. The van der Waals surface area contributed by atoms with Crippen LogP contribution in [0.15, 0.2) is 60.1 Å². The van der Waals surface area contributed by atoms with Gasteiger partial charge in [-0.15, -0.1) is 0 Å². The zero-order valence-electron chi connectivity index (χ0n) is 15.5. The third-order valence-electron chi connectivity index (χ3n) is 3.51. The highest BCUT2D eigenvalue weighted by Crippen LogP contribution is 2.08. The molecule has 0 aliphatic carbocycles. The molecule has 0 fully saturated rings. The van der Waals surface area contributed by atoms with Crippen molar-refractivity contribution in [2.24, 2.45) is 0 Å². The lowest BCUT2D eigenvalue weighted by Crippen LogP contribution is -1.98. The van der Waals surface area contributed by atoms with Crippen LogP contribution in [0.5, 0.6) is 0 Å². The second kappa shape index (κ2) is 20.0. The van der Waals surface area contributed by atoms with E-state index < -0.39 is 5.97 Å². The van der Waals surface area contributed by atoms with E-state index in [1.165, 1.54) is 44.9 Å². The van der Waals surface area contributed by atoms with Crippen LogP contribution in [0.3, 0.4) is 0 Å². The van der Waals surface area contributed by atoms with Gasteiger partial charge in [-0.3, -0.25) is 0 Å². The van der Waals surface area contributed by atoms with Gasteiger partial charge in [0.1, 0.15) is 0 Å². The van der Waals surface area contributed by atoms with Crippen LogP contribution in [-0.2, 0) is 9.68 Å². The van der Waals surface area contributed by atoms with E-state index in [-0.39, 0.29) is 6.42 Å². The first kappa shape index (κ1) is 22.9. The van der Waals surface area contributed by atoms with Crippen molar-refractivity contribution < 1.29 is 14.9 Å². The van der Waals surface area contributed by atoms with E-state index in [1.54, 1.807) is 12.2 Å². The Labute approximate surface area is 152 Å². The maximum atomic E-state index is 10.6. The molecule has 0 aliphatic rings. The van der Waals surface area contributed by atoms with Crippen molar-refractivity contribution in [3.63, 3.8) is 0 Å². The van der Waals surface area contributed by atoms with E-state index in [2.05, 4.69) is 35.4 Å². The van der Waals surface area contributed by atoms with Crippen molar-refractivity contribution in [1.29, 1.82) is 0 Å². The van der Waals surface area contributed by atoms with Crippen LogP contribution in [0.4, 0.5) is 0 Å². The first-order valence-electron chi connectivity index (χ1n) is 9.30. The van der Waals surface area contributed by atoms with E-state index in [4.69, 9.17) is 5.26 Å². The first-order chi connectivity index (χ1) is 12.3. The van der Waals surface area contributed by atoms with Gasteiger partial charge in [-0.2, -0.15) is 5.26 Å². The van der Waals surface area contributed by atoms with Crippen LogP contribution >= 0.6 is 0 Å². The van der Waals surface area contributed by atoms with Crippen molar-refractivity contribution in [2.45, 2.75) is 71.1 Å². The average molecular weight is 344 g/mol. The molecule has 0 radical (unpaired) electrons. The van der Waals surface area contributed by atoms with Gasteiger partial charge in [-0.05, 0) is 31.4 Å². The number of carbonyl (C=O) groups is 1. The molecule has 25 heavy (non-hydrogen) atoms. The van der Waals surface area contributed by atoms with Crippen LogP contribution in [0.1, 0.15) is 71.1 Å². The van der Waals surface area contributed by atoms with Crippen molar-refractivity contribution in [1.82, 2.24) is 0 Å². The van der Waals surface area contributed by atoms with E-state index in [0.29, 0.717) is 6.42 Å². The lowest BCUT2D eigenvalue weighted by Gasteiger charge is -1.98. The smallest absolute Gasteiger partial charge is 0.301 e. The number of hydrogen-bond acceptors (Lipinski definition) is 3. The zero-order chi connectivity index (χ0) is 18.4. The number of hydrogen-bond donors (Lipinski definition) is 1. The van der Waals surface area contributed by atoms with Gasteiger partial charge in [0.15, 0.2) is 0 Å². The molecule has 1 N–H and O–H groups in total. The van der Waals surface area contributed by atoms with Crippen molar-refractivity contribution in [2.75, 3.05) is 0 Å². The number of carbonyl (C=O) groups excluding carboxylic acids is 1. The molecule has 0 unspecified atom stereocenters. The van der Waals surface area contributed by atoms with Crippen molar-refractivity contribution in [3.05, 3.63) is 60.1 Å². The fourth-order valence-electron chi connectivity index (χ4n) is 2.11. The van der Waals surface area contributed by atoms with E-state index in [9.17, 15) is 4.79 Å². The third-order valence-corrected chi connectivity index (χ3v) is 3.51. The first-order valence-corrected chi connectivity index (χ1v) is 9.30. The molecule has 3 heteroatoms. The largest absolute Gasteiger partial charge is 0.342 e. The minimum absolute atomic E-state index is 0.134. The molecule has 138 valence electrons. The van der Waals surface area contributed by atoms with Gasteiger partial charge in [-0.25, -0.2) is 4.79 Å². The van der Waals surface area contributed by atoms with Gasteiger partial charge in [0.2, 0.25) is 0 Å². The van der Waals surface area contributed by atoms with Gasteiger partial charge in [0, 0.05) is 0 Å². The summed E-state index contributed by atoms with van der Waals surface area (Å²) in [6.07, 6.45) is 26.7. The summed E-state index contributed by atoms with van der Waals surface area (Å²) in [5.41, 5.74) is 5.64. The van der Waals surface area contributed by atoms with Crippen LogP contribution in [0.2, 0.25) is 0 Å². The standard InChI is InChI=1S/C22H32O3/c1-2-3-4-5-6-7-8-9-10-11-12-13-14-15-16-17-18-19-20-21-22(23)25-24/h10-16,19,24H,2-9,20-21H2,1H3/b11-10+,13-12+,15-14+,19-16?. The SMILES string of the molecule is CCCCCCCCC/C=C/C=C/C=C/C=C=C=CCCC(=O)OO. The summed E-state index contributed by atoms with van der Waals surface area (Å²) in [5.74, 6) is -0.646. The van der Waals surface area contributed by atoms with Gasteiger partial charge in [0.25, 0.3) is 0 Å². The molecular formula is C22H32O3. The van der Waals surface area contributed by atoms with Crippen LogP contribution < -0.4 is 0 Å². The summed E-state index contributed by atoms with van der Waals surface area (Å²) in [7, 11) is 0. The predicted molar refractivity (Wildman–Crippen MR) is 104 cm³/mol. The Morgan fingerprint density at radius 2 is 1.56 bits per heavy atom. The Morgan fingerprint density at radius 3 is 2.32 bits per heavy atom. The minimum Gasteiger partial charge on any atom is -0.301 e. The third kappa shape index (κ3) is 19.9. The number of rotatable bonds is 14. The summed E-state index contributed by atoms with van der Waals surface area (Å²) in [5, 5.41) is 8.06. The van der Waals surface area contributed by atoms with Gasteiger partial charge >= 0.3 is 5.97 Å². The molecule has 0 aromatic rings. The van der Waals surface area contributed by atoms with Crippen molar-refractivity contribution in [3.8, 4) is 0 Å². The normalized spacial score (nSPS) is 11.0. The Hall–Kier alpha value is -2.05. The van der Waals surface area contributed by atoms with E-state index >= 15 is 0 Å². The topological polar surface area (TPSA) is 46.5 Å². The summed E-state index contributed by atoms with van der Waals surface area (Å²) in [6.45, 7) is 2.25. The molecule has 0 aliphatic heterocycles. The molecule has 0 atom stereocenters. The molecule has 0 spiro atoms. The number of allylic oxidation sites excluding steroid dienone is 8. The van der Waals surface area contributed by atoms with Crippen LogP contribution in [0.25, 0.3) is 0 Å². The maximum Gasteiger partial charge on any atom is 0.342 e. The Balaban J connectivity index is 3.65. The quantitative estimate of drug-likeness (QED) is 0.129. The van der Waals surface area contributed by atoms with Crippen molar-refractivity contribution >= 4 is 5.97 Å². The summed E-state index contributed by atoms with van der Waals surface area (Å²) < 4.78 is 0. The van der Waals surface area contributed by atoms with E-state index in [1.807, 2.05) is 24.3 Å². The highest BCUT2D eigenvalue weighted by atomic mass is 17.1. The summed E-state index contributed by atoms with van der Waals surface area (Å²) in [4.78, 5) is 14.2. The lowest BCUT2D eigenvalue weighted by molar-refractivity contribution is -0.234. The Bertz CT molecular complexity index is 499. The van der Waals surface area contributed by atoms with Gasteiger partial charge in [-0.1, -0.05) is 93.4 Å². The molecule has 0 aromatic carbocycles. The summed E-state index contributed by atoms with van der Waals surface area (Å²) >= 11 is 0. The van der Waals surface area contributed by atoms with Gasteiger partial charge < -0.3 is 4.89 Å². The molecule has 3 nitrogen and oxygen atoms in total. The summed E-state index contributed by atoms with van der Waals surface area (Å²) in [6, 6.07) is 0. The zero-order valence-corrected chi connectivity index (χ0v) is 15.5. The maximum absolute atomic E-state index is 10.6. The van der Waals surface area contributed by atoms with Gasteiger partial charge in [0.05, 0.1) is 6.42 Å². The predicted octanol–water partition coefficient (Wildman–Crippen LogP) is 6.46. The van der Waals surface area contributed by atoms with E-state index in [0.717, 1.165) is 6.42 Å². The molecule has 0 saturated heterocycles. The Kier molecular flexibility index (Phi) is 18.4. The van der Waals surface area contributed by atoms with Crippen LogP contribution in [-0.4, -0.2) is 11.2 Å². The Morgan fingerprint density at radius 1 is 0.880 bits per heavy atom. The molecule has 0 saturated carbocycles. The highest BCUT2D eigenvalue weighted by molar-refractivity contribution is 5.68. The molecule has 0 rings (SSSR count). The fourth-order valence-corrected chi connectivity index (χ4v) is 2.11. The highest BCUT2D eigenvalue weighted by Gasteiger charge is 1.97. The average Bonchev–Trinajstić information content (AvgIpc) is 2.63. The number of unbranched alkanes of at least 4 members (excludes halogenated alkanes) is 7. The van der Waals surface area contributed by atoms with Crippen LogP contribution in [0, 0.1) is 0 Å². The molecule has 0 aromatic heterocycles. The second-order valence-corrected chi connectivity index (χ2v) is 5.77. The monoisotopic (exact) mass is 344 g/mol. The molecule has 0 bridgehead atoms. The second-order valence-electron chi connectivity index (χ2n) is 5.77. The fraction of sp³-hybridized carbons (Fsp3) is 0.500. The molecule has 0 heterocycles.